The van der Waals surface area contributed by atoms with Gasteiger partial charge in [-0.15, -0.1) is 0 Å². The Hall–Kier alpha value is -1.29. The van der Waals surface area contributed by atoms with Crippen LogP contribution in [0.15, 0.2) is 24.5 Å². The van der Waals surface area contributed by atoms with Gasteiger partial charge >= 0.3 is 5.97 Å². The fourth-order valence-corrected chi connectivity index (χ4v) is 1.44. The SMILES string of the molecule is NCCCCC(C(=O)O)n1cccc1. The third kappa shape index (κ3) is 2.88. The third-order valence-electron chi connectivity index (χ3n) is 2.20. The van der Waals surface area contributed by atoms with Gasteiger partial charge in [0.15, 0.2) is 0 Å². The molecular formula is C10H16N2O2. The molecule has 1 unspecified atom stereocenters. The normalized spacial score (nSPS) is 12.6. The molecule has 1 heterocycles. The summed E-state index contributed by atoms with van der Waals surface area (Å²) in [6.07, 6.45) is 5.93. The van der Waals surface area contributed by atoms with Gasteiger partial charge in [-0.3, -0.25) is 0 Å². The number of hydrogen-bond donors (Lipinski definition) is 2. The Bertz CT molecular complexity index is 270. The van der Waals surface area contributed by atoms with Gasteiger partial charge < -0.3 is 15.4 Å². The summed E-state index contributed by atoms with van der Waals surface area (Å²) in [5.74, 6) is -0.779. The Morgan fingerprint density at radius 3 is 2.50 bits per heavy atom. The van der Waals surface area contributed by atoms with Gasteiger partial charge in [0, 0.05) is 12.4 Å². The summed E-state index contributed by atoms with van der Waals surface area (Å²) >= 11 is 0. The summed E-state index contributed by atoms with van der Waals surface area (Å²) in [6.45, 7) is 0.623. The first kappa shape index (κ1) is 10.8. The smallest absolute Gasteiger partial charge is 0.326 e. The van der Waals surface area contributed by atoms with Crippen LogP contribution in [0, 0.1) is 0 Å². The predicted molar refractivity (Wildman–Crippen MR) is 54.0 cm³/mol. The van der Waals surface area contributed by atoms with Crippen molar-refractivity contribution in [2.45, 2.75) is 25.3 Å². The summed E-state index contributed by atoms with van der Waals surface area (Å²) in [6, 6.07) is 3.22. The fourth-order valence-electron chi connectivity index (χ4n) is 1.44. The lowest BCUT2D eigenvalue weighted by molar-refractivity contribution is -0.141. The molecule has 0 aliphatic rings. The Balaban J connectivity index is 2.52. The van der Waals surface area contributed by atoms with Crippen LogP contribution >= 0.6 is 0 Å². The summed E-state index contributed by atoms with van der Waals surface area (Å²) in [4.78, 5) is 10.9. The Labute approximate surface area is 83.3 Å². The van der Waals surface area contributed by atoms with E-state index in [0.29, 0.717) is 13.0 Å². The lowest BCUT2D eigenvalue weighted by atomic mass is 10.1. The van der Waals surface area contributed by atoms with E-state index in [2.05, 4.69) is 0 Å². The molecule has 1 aromatic heterocycles. The van der Waals surface area contributed by atoms with Crippen molar-refractivity contribution in [3.05, 3.63) is 24.5 Å². The zero-order valence-electron chi connectivity index (χ0n) is 8.10. The first-order chi connectivity index (χ1) is 6.75. The highest BCUT2D eigenvalue weighted by atomic mass is 16.4. The number of hydrogen-bond acceptors (Lipinski definition) is 2. The Kier molecular flexibility index (Phi) is 4.19. The van der Waals surface area contributed by atoms with E-state index in [4.69, 9.17) is 10.8 Å². The topological polar surface area (TPSA) is 68.2 Å². The van der Waals surface area contributed by atoms with Crippen LogP contribution in [-0.2, 0) is 4.79 Å². The largest absolute Gasteiger partial charge is 0.480 e. The van der Waals surface area contributed by atoms with Gasteiger partial charge in [0.2, 0.25) is 0 Å². The van der Waals surface area contributed by atoms with Crippen molar-refractivity contribution < 1.29 is 9.90 Å². The molecule has 3 N–H and O–H groups in total. The number of carboxylic acid groups (broad SMARTS) is 1. The average Bonchev–Trinajstić information content (AvgIpc) is 2.64. The summed E-state index contributed by atoms with van der Waals surface area (Å²) in [5.41, 5.74) is 5.36. The molecule has 0 bridgehead atoms. The maximum atomic E-state index is 10.9. The minimum absolute atomic E-state index is 0.448. The van der Waals surface area contributed by atoms with Crippen LogP contribution in [0.1, 0.15) is 25.3 Å². The predicted octanol–water partition coefficient (Wildman–Crippen LogP) is 1.24. The third-order valence-corrected chi connectivity index (χ3v) is 2.20. The quantitative estimate of drug-likeness (QED) is 0.673. The van der Waals surface area contributed by atoms with Crippen LogP contribution in [0.3, 0.4) is 0 Å². The van der Waals surface area contributed by atoms with Crippen LogP contribution in [0.2, 0.25) is 0 Å². The van der Waals surface area contributed by atoms with Crippen LogP contribution in [0.5, 0.6) is 0 Å². The summed E-state index contributed by atoms with van der Waals surface area (Å²) in [7, 11) is 0. The molecule has 1 aromatic rings. The standard InChI is InChI=1S/C10H16N2O2/c11-6-2-1-5-9(10(13)14)12-7-3-4-8-12/h3-4,7-9H,1-2,5-6,11H2,(H,13,14). The first-order valence-electron chi connectivity index (χ1n) is 4.81. The number of nitrogens with two attached hydrogens (primary N) is 1. The molecule has 0 aliphatic heterocycles. The molecule has 0 amide bonds. The average molecular weight is 196 g/mol. The van der Waals surface area contributed by atoms with Gasteiger partial charge in [0.05, 0.1) is 0 Å². The van der Waals surface area contributed by atoms with Crippen molar-refractivity contribution in [2.75, 3.05) is 6.54 Å². The minimum atomic E-state index is -0.779. The van der Waals surface area contributed by atoms with Crippen molar-refractivity contribution in [3.63, 3.8) is 0 Å². The van der Waals surface area contributed by atoms with E-state index in [0.717, 1.165) is 12.8 Å². The summed E-state index contributed by atoms with van der Waals surface area (Å²) < 4.78 is 1.72. The zero-order valence-corrected chi connectivity index (χ0v) is 8.10. The van der Waals surface area contributed by atoms with E-state index in [1.54, 1.807) is 17.0 Å². The van der Waals surface area contributed by atoms with Crippen molar-refractivity contribution in [1.29, 1.82) is 0 Å². The molecule has 0 saturated heterocycles. The monoisotopic (exact) mass is 196 g/mol. The van der Waals surface area contributed by atoms with Gasteiger partial charge in [0.1, 0.15) is 6.04 Å². The molecule has 4 nitrogen and oxygen atoms in total. The van der Waals surface area contributed by atoms with E-state index in [1.807, 2.05) is 12.1 Å². The molecular weight excluding hydrogens is 180 g/mol. The minimum Gasteiger partial charge on any atom is -0.480 e. The lowest BCUT2D eigenvalue weighted by Crippen LogP contribution is -2.18. The van der Waals surface area contributed by atoms with E-state index in [1.165, 1.54) is 0 Å². The number of rotatable bonds is 6. The van der Waals surface area contributed by atoms with Gasteiger partial charge in [0.25, 0.3) is 0 Å². The van der Waals surface area contributed by atoms with Gasteiger partial charge in [-0.2, -0.15) is 0 Å². The molecule has 0 aromatic carbocycles. The van der Waals surface area contributed by atoms with E-state index >= 15 is 0 Å². The molecule has 0 radical (unpaired) electrons. The number of unbranched alkanes of at least 4 members (excludes halogenated alkanes) is 1. The molecule has 1 rings (SSSR count). The second-order valence-corrected chi connectivity index (χ2v) is 3.27. The van der Waals surface area contributed by atoms with Crippen molar-refractivity contribution >= 4 is 5.97 Å². The molecule has 0 fully saturated rings. The Morgan fingerprint density at radius 2 is 2.00 bits per heavy atom. The number of carboxylic acids is 1. The lowest BCUT2D eigenvalue weighted by Gasteiger charge is -2.13. The summed E-state index contributed by atoms with van der Waals surface area (Å²) in [5, 5.41) is 8.99. The van der Waals surface area contributed by atoms with E-state index in [9.17, 15) is 4.79 Å². The maximum Gasteiger partial charge on any atom is 0.326 e. The molecule has 78 valence electrons. The number of carbonyl (C=O) groups is 1. The van der Waals surface area contributed by atoms with Crippen LogP contribution in [-0.4, -0.2) is 22.2 Å². The molecule has 0 aliphatic carbocycles. The van der Waals surface area contributed by atoms with Crippen LogP contribution in [0.4, 0.5) is 0 Å². The van der Waals surface area contributed by atoms with Gasteiger partial charge in [-0.05, 0) is 37.9 Å². The second-order valence-electron chi connectivity index (χ2n) is 3.27. The Morgan fingerprint density at radius 1 is 1.36 bits per heavy atom. The van der Waals surface area contributed by atoms with Gasteiger partial charge in [-0.25, -0.2) is 4.79 Å². The maximum absolute atomic E-state index is 10.9. The fraction of sp³-hybridized carbons (Fsp3) is 0.500. The van der Waals surface area contributed by atoms with Crippen molar-refractivity contribution in [1.82, 2.24) is 4.57 Å². The number of aromatic nitrogens is 1. The number of nitrogens with zero attached hydrogens (tertiary/aromatic N) is 1. The molecule has 4 heteroatoms. The van der Waals surface area contributed by atoms with Gasteiger partial charge in [-0.1, -0.05) is 0 Å². The van der Waals surface area contributed by atoms with Crippen LogP contribution in [0.25, 0.3) is 0 Å². The highest BCUT2D eigenvalue weighted by Gasteiger charge is 2.17. The zero-order chi connectivity index (χ0) is 10.4. The first-order valence-corrected chi connectivity index (χ1v) is 4.81. The highest BCUT2D eigenvalue weighted by Crippen LogP contribution is 2.15. The molecule has 14 heavy (non-hydrogen) atoms. The van der Waals surface area contributed by atoms with E-state index in [-0.39, 0.29) is 0 Å². The molecule has 1 atom stereocenters. The molecule has 0 spiro atoms. The van der Waals surface area contributed by atoms with Crippen molar-refractivity contribution in [2.24, 2.45) is 5.73 Å². The number of aliphatic carboxylic acids is 1. The highest BCUT2D eigenvalue weighted by molar-refractivity contribution is 5.71. The van der Waals surface area contributed by atoms with E-state index < -0.39 is 12.0 Å². The second kappa shape index (κ2) is 5.44. The van der Waals surface area contributed by atoms with Crippen LogP contribution < -0.4 is 5.73 Å². The van der Waals surface area contributed by atoms with Crippen molar-refractivity contribution in [3.8, 4) is 0 Å². The molecule has 0 saturated carbocycles.